The topological polar surface area (TPSA) is 46.5 Å². The van der Waals surface area contributed by atoms with Gasteiger partial charge in [-0.2, -0.15) is 111 Å². The second-order valence-electron chi connectivity index (χ2n) is 22.0. The van der Waals surface area contributed by atoms with Crippen LogP contribution in [0.15, 0.2) is 182 Å². The first-order valence-electron chi connectivity index (χ1n) is 27.4. The van der Waals surface area contributed by atoms with Crippen molar-refractivity contribution in [1.29, 1.82) is 5.26 Å². The van der Waals surface area contributed by atoms with E-state index in [1.165, 1.54) is 63.7 Å². The predicted octanol–water partition coefficient (Wildman–Crippen LogP) is 23.6. The molecule has 12 aromatic rings. The van der Waals surface area contributed by atoms with Gasteiger partial charge in [0.2, 0.25) is 0 Å². The Labute approximate surface area is 521 Å². The quantitative estimate of drug-likeness (QED) is 0.149. The highest BCUT2D eigenvalue weighted by Crippen LogP contribution is 2.48. The summed E-state index contributed by atoms with van der Waals surface area (Å²) in [6, 6.07) is 25.4. The molecule has 0 unspecified atom stereocenters. The lowest BCUT2D eigenvalue weighted by Gasteiger charge is -2.17. The van der Waals surface area contributed by atoms with Gasteiger partial charge in [0.25, 0.3) is 0 Å². The van der Waals surface area contributed by atoms with Crippen LogP contribution in [-0.4, -0.2) is 14.1 Å². The maximum atomic E-state index is 14.3. The van der Waals surface area contributed by atoms with Crippen LogP contribution in [0.25, 0.3) is 111 Å². The van der Waals surface area contributed by atoms with Crippen molar-refractivity contribution >= 4 is 43.6 Å². The third-order valence-corrected chi connectivity index (χ3v) is 15.9. The molecule has 0 atom stereocenters. The second-order valence-corrected chi connectivity index (χ2v) is 22.0. The molecule has 96 heavy (non-hydrogen) atoms. The Morgan fingerprint density at radius 3 is 0.802 bits per heavy atom. The van der Waals surface area contributed by atoms with Crippen molar-refractivity contribution in [2.45, 2.75) is 49.4 Å². The minimum Gasteiger partial charge on any atom is -0.307 e. The van der Waals surface area contributed by atoms with Crippen LogP contribution >= 0.6 is 0 Å². The van der Waals surface area contributed by atoms with Gasteiger partial charge in [-0.1, -0.05) is 36.4 Å². The Morgan fingerprint density at radius 2 is 0.542 bits per heavy atom. The van der Waals surface area contributed by atoms with Crippen molar-refractivity contribution in [3.05, 3.63) is 232 Å². The summed E-state index contributed by atoms with van der Waals surface area (Å²) in [6.45, 7) is 0. The molecule has 0 spiro atoms. The molecule has 28 heteroatoms. The summed E-state index contributed by atoms with van der Waals surface area (Å²) in [5, 5.41) is 9.76. The molecule has 0 aliphatic rings. The van der Waals surface area contributed by atoms with Crippen LogP contribution in [0.3, 0.4) is 0 Å². The highest BCUT2D eigenvalue weighted by atomic mass is 19.4. The van der Waals surface area contributed by atoms with Crippen molar-refractivity contribution in [3.63, 3.8) is 0 Å². The number of alkyl halides is 24. The Kier molecular flexibility index (Phi) is 15.3. The number of benzene rings is 9. The van der Waals surface area contributed by atoms with Gasteiger partial charge in [0.15, 0.2) is 0 Å². The summed E-state index contributed by atoms with van der Waals surface area (Å²) in [4.78, 5) is 4.75. The van der Waals surface area contributed by atoms with Crippen LogP contribution in [0.5, 0.6) is 0 Å². The smallest absolute Gasteiger partial charge is 0.307 e. The van der Waals surface area contributed by atoms with E-state index in [0.29, 0.717) is 48.5 Å². The van der Waals surface area contributed by atoms with Gasteiger partial charge < -0.3 is 4.57 Å². The van der Waals surface area contributed by atoms with Crippen molar-refractivity contribution in [2.75, 3.05) is 0 Å². The van der Waals surface area contributed by atoms with Gasteiger partial charge in [0.05, 0.1) is 90.1 Å². The second kappa shape index (κ2) is 22.3. The maximum Gasteiger partial charge on any atom is 0.416 e. The number of hydrogen-bond donors (Lipinski definition) is 0. The minimum atomic E-state index is -5.35. The number of nitriles is 1. The number of aromatic nitrogens is 3. The van der Waals surface area contributed by atoms with Crippen molar-refractivity contribution in [1.82, 2.24) is 14.1 Å². The molecule has 3 heterocycles. The van der Waals surface area contributed by atoms with Crippen LogP contribution in [0.2, 0.25) is 0 Å². The van der Waals surface area contributed by atoms with Crippen molar-refractivity contribution in [2.24, 2.45) is 0 Å². The summed E-state index contributed by atoms with van der Waals surface area (Å²) >= 11 is 0. The van der Waals surface area contributed by atoms with E-state index in [2.05, 4.69) is 0 Å². The Balaban J connectivity index is 1.15. The average Bonchev–Trinajstić information content (AvgIpc) is 1.42. The molecule has 0 aliphatic heterocycles. The monoisotopic (exact) mass is 1360 g/mol. The summed E-state index contributed by atoms with van der Waals surface area (Å²) in [5.74, 6) is -0.172. The van der Waals surface area contributed by atoms with Gasteiger partial charge in [-0.15, -0.1) is 0 Å². The molecule has 0 bridgehead atoms. The van der Waals surface area contributed by atoms with Gasteiger partial charge in [0.1, 0.15) is 5.82 Å². The first-order valence-corrected chi connectivity index (χ1v) is 27.4. The largest absolute Gasteiger partial charge is 0.416 e. The van der Waals surface area contributed by atoms with E-state index in [1.807, 2.05) is 6.07 Å². The number of halogens is 24. The zero-order valence-corrected chi connectivity index (χ0v) is 47.2. The molecule has 0 saturated heterocycles. The van der Waals surface area contributed by atoms with Crippen molar-refractivity contribution < 1.29 is 105 Å². The predicted molar refractivity (Wildman–Crippen MR) is 305 cm³/mol. The normalized spacial score (nSPS) is 13.2. The molecule has 0 fully saturated rings. The SMILES string of the molecule is N#Cc1cccc(-c2cc(-n3c4ccc(-c5cc(C(F)(F)F)cc(C(F)(F)F)c5)cc4c4cc(-c5cc(C(F)(F)F)cc(C(F)(F)F)c5)ccc43)ncc2-n2c3ccc(-c4cc(C(F)(F)F)cc(C(F)(F)F)c4)cc3c3cc(-c4cc(C(F)(F)F)cc(C(F)(F)F)c4)ccc32)c1. The third-order valence-electron chi connectivity index (χ3n) is 15.9. The van der Waals surface area contributed by atoms with E-state index in [0.717, 1.165) is 54.7 Å². The van der Waals surface area contributed by atoms with Gasteiger partial charge in [-0.3, -0.25) is 4.57 Å². The molecule has 490 valence electrons. The van der Waals surface area contributed by atoms with E-state index in [1.54, 1.807) is 0 Å². The first kappa shape index (κ1) is 65.6. The third kappa shape index (κ3) is 12.4. The highest BCUT2D eigenvalue weighted by Gasteiger charge is 2.42. The number of pyridine rings is 1. The molecular weight excluding hydrogens is 1330 g/mol. The van der Waals surface area contributed by atoms with Gasteiger partial charge >= 0.3 is 49.4 Å². The number of nitrogens with zero attached hydrogens (tertiary/aromatic N) is 4. The molecule has 3 aromatic heterocycles. The molecule has 0 saturated carbocycles. The van der Waals surface area contributed by atoms with Gasteiger partial charge in [0, 0.05) is 27.1 Å². The summed E-state index contributed by atoms with van der Waals surface area (Å²) in [5.41, 5.74) is -17.6. The lowest BCUT2D eigenvalue weighted by atomic mass is 9.96. The van der Waals surface area contributed by atoms with Crippen LogP contribution in [0.1, 0.15) is 50.1 Å². The Bertz CT molecular complexity index is 4800. The molecule has 0 N–H and O–H groups in total. The van der Waals surface area contributed by atoms with E-state index in [-0.39, 0.29) is 118 Å². The van der Waals surface area contributed by atoms with Crippen LogP contribution < -0.4 is 0 Å². The van der Waals surface area contributed by atoms with E-state index >= 15 is 0 Å². The summed E-state index contributed by atoms with van der Waals surface area (Å²) in [6.07, 6.45) is -41.6. The van der Waals surface area contributed by atoms with E-state index in [9.17, 15) is 111 Å². The Morgan fingerprint density at radius 1 is 0.271 bits per heavy atom. The van der Waals surface area contributed by atoms with E-state index in [4.69, 9.17) is 4.98 Å². The molecule has 0 amide bonds. The lowest BCUT2D eigenvalue weighted by Crippen LogP contribution is -2.11. The molecule has 12 rings (SSSR count). The van der Waals surface area contributed by atoms with Crippen LogP contribution in [0.4, 0.5) is 105 Å². The fourth-order valence-corrected chi connectivity index (χ4v) is 11.5. The summed E-state index contributed by atoms with van der Waals surface area (Å²) in [7, 11) is 0. The number of hydrogen-bond acceptors (Lipinski definition) is 2. The fourth-order valence-electron chi connectivity index (χ4n) is 11.5. The van der Waals surface area contributed by atoms with Gasteiger partial charge in [-0.05, 0) is 190 Å². The zero-order valence-electron chi connectivity index (χ0n) is 47.2. The molecule has 0 radical (unpaired) electrons. The van der Waals surface area contributed by atoms with Crippen LogP contribution in [0, 0.1) is 11.3 Å². The standard InChI is InChI=1S/C68H30F24N4/c69-61(70,71)42-13-38(14-43(25-42)62(72,73)74)33-4-8-55-51(21-33)52-22-34(39-15-44(63(75,76)77)26-45(16-39)64(78,79)80)5-9-56(52)95(55)59-31-94-60(29-50(59)37-3-1-2-32(12-37)30-93)96-57-10-6-35(40-17-46(65(81,82)83)27-47(18-40)66(84,85)86)23-53(57)54-24-36(7-11-58(54)96)41-19-48(67(87,88)89)28-49(20-41)68(90,91)92/h1-29,31H. The molecule has 4 nitrogen and oxygen atoms in total. The average molecular weight is 1360 g/mol. The number of fused-ring (bicyclic) bond motifs is 6. The summed E-state index contributed by atoms with van der Waals surface area (Å²) < 4.78 is 345. The van der Waals surface area contributed by atoms with Crippen molar-refractivity contribution in [3.8, 4) is 73.2 Å². The van der Waals surface area contributed by atoms with E-state index < -0.39 is 116 Å². The number of rotatable bonds is 7. The first-order chi connectivity index (χ1) is 44.5. The van der Waals surface area contributed by atoms with Crippen LogP contribution in [-0.2, 0) is 49.4 Å². The highest BCUT2D eigenvalue weighted by molar-refractivity contribution is 6.13. The minimum absolute atomic E-state index is 0.00425. The zero-order chi connectivity index (χ0) is 69.5. The maximum absolute atomic E-state index is 14.3. The molecular formula is C68H30F24N4. The molecule has 9 aromatic carbocycles. The lowest BCUT2D eigenvalue weighted by molar-refractivity contribution is -0.144. The fraction of sp³-hybridized carbons (Fsp3) is 0.118. The molecule has 0 aliphatic carbocycles. The van der Waals surface area contributed by atoms with Gasteiger partial charge in [-0.25, -0.2) is 4.98 Å². The Hall–Kier alpha value is -10.5.